The average molecular weight is 380 g/mol. The smallest absolute Gasteiger partial charge is 0.334 e. The number of hydrogen-bond acceptors (Lipinski definition) is 7. The van der Waals surface area contributed by atoms with E-state index in [0.717, 1.165) is 0 Å². The Morgan fingerprint density at radius 2 is 2.00 bits per heavy atom. The van der Waals surface area contributed by atoms with Crippen molar-refractivity contribution >= 4 is 17.7 Å². The molecule has 7 heteroatoms. The second kappa shape index (κ2) is 7.94. The average Bonchev–Trinajstić information content (AvgIpc) is 2.84. The van der Waals surface area contributed by atoms with Gasteiger partial charge in [-0.3, -0.25) is 4.79 Å². The topological polar surface area (TPSA) is 110 Å². The van der Waals surface area contributed by atoms with Gasteiger partial charge in [-0.25, -0.2) is 9.59 Å². The van der Waals surface area contributed by atoms with Crippen molar-refractivity contribution in [3.05, 3.63) is 23.8 Å². The Morgan fingerprint density at radius 1 is 1.37 bits per heavy atom. The fourth-order valence-corrected chi connectivity index (χ4v) is 3.69. The van der Waals surface area contributed by atoms with Crippen LogP contribution in [0.5, 0.6) is 0 Å². The van der Waals surface area contributed by atoms with E-state index in [1.165, 1.54) is 13.0 Å². The van der Waals surface area contributed by atoms with Crippen LogP contribution in [0.3, 0.4) is 0 Å². The first-order chi connectivity index (χ1) is 12.5. The van der Waals surface area contributed by atoms with Crippen LogP contribution in [0.15, 0.2) is 23.8 Å². The minimum Gasteiger partial charge on any atom is -0.454 e. The van der Waals surface area contributed by atoms with E-state index in [0.29, 0.717) is 18.4 Å². The third-order valence-electron chi connectivity index (χ3n) is 5.26. The van der Waals surface area contributed by atoms with Crippen molar-refractivity contribution in [2.75, 3.05) is 0 Å². The molecule has 0 spiro atoms. The highest BCUT2D eigenvalue weighted by atomic mass is 16.6. The molecule has 2 N–H and O–H groups in total. The predicted octanol–water partition coefficient (Wildman–Crippen LogP) is 1.46. The van der Waals surface area contributed by atoms with E-state index in [9.17, 15) is 24.6 Å². The molecule has 1 heterocycles. The van der Waals surface area contributed by atoms with Gasteiger partial charge in [0.15, 0.2) is 18.0 Å². The summed E-state index contributed by atoms with van der Waals surface area (Å²) in [4.78, 5) is 36.9. The number of carbonyl (C=O) groups excluding carboxylic acids is 3. The molecule has 2 fully saturated rings. The summed E-state index contributed by atoms with van der Waals surface area (Å²) >= 11 is 0. The third kappa shape index (κ3) is 4.47. The Balaban J connectivity index is 2.48. The highest BCUT2D eigenvalue weighted by Gasteiger charge is 2.55. The van der Waals surface area contributed by atoms with E-state index >= 15 is 0 Å². The van der Waals surface area contributed by atoms with Crippen molar-refractivity contribution in [1.82, 2.24) is 0 Å². The highest BCUT2D eigenvalue weighted by molar-refractivity contribution is 5.94. The van der Waals surface area contributed by atoms with Gasteiger partial charge < -0.3 is 19.7 Å². The normalized spacial score (nSPS) is 37.3. The van der Waals surface area contributed by atoms with E-state index in [1.54, 1.807) is 20.8 Å². The number of esters is 2. The molecule has 150 valence electrons. The zero-order valence-corrected chi connectivity index (χ0v) is 16.2. The van der Waals surface area contributed by atoms with Gasteiger partial charge >= 0.3 is 11.9 Å². The molecule has 1 saturated carbocycles. The second-order valence-corrected chi connectivity index (χ2v) is 8.00. The van der Waals surface area contributed by atoms with Crippen molar-refractivity contribution < 1.29 is 34.1 Å². The molecule has 7 nitrogen and oxygen atoms in total. The summed E-state index contributed by atoms with van der Waals surface area (Å²) in [5.41, 5.74) is -0.876. The number of rotatable bonds is 2. The molecule has 6 atom stereocenters. The van der Waals surface area contributed by atoms with Crippen LogP contribution in [0.1, 0.15) is 47.0 Å². The van der Waals surface area contributed by atoms with E-state index in [4.69, 9.17) is 9.47 Å². The Hall–Kier alpha value is -1.99. The molecular weight excluding hydrogens is 352 g/mol. The maximum absolute atomic E-state index is 12.6. The number of aliphatic hydroxyl groups excluding tert-OH is 1. The Bertz CT molecular complexity index is 672. The standard InChI is InChI=1S/C20H28O7/c1-10(2)9-13(21)26-18-17-14(12(4)19(24)27-17)16(23)15(22)11(3)7-6-8-20(18,5)25/h9,11,14,16-18,23,25H,4,6-8H2,1-3,5H3/t11-,14+,16-,17+,18-,20+/m1/s1. The lowest BCUT2D eigenvalue weighted by molar-refractivity contribution is -0.187. The zero-order valence-electron chi connectivity index (χ0n) is 16.2. The fourth-order valence-electron chi connectivity index (χ4n) is 3.69. The first-order valence-corrected chi connectivity index (χ1v) is 9.15. The number of hydrogen-bond donors (Lipinski definition) is 2. The van der Waals surface area contributed by atoms with Gasteiger partial charge in [-0.15, -0.1) is 0 Å². The lowest BCUT2D eigenvalue weighted by Gasteiger charge is -2.39. The first-order valence-electron chi connectivity index (χ1n) is 9.15. The summed E-state index contributed by atoms with van der Waals surface area (Å²) in [6.07, 6.45) is -1.53. The lowest BCUT2D eigenvalue weighted by Crippen LogP contribution is -2.54. The first kappa shape index (κ1) is 21.3. The molecule has 0 amide bonds. The summed E-state index contributed by atoms with van der Waals surface area (Å²) in [6, 6.07) is 0. The van der Waals surface area contributed by atoms with Crippen molar-refractivity contribution in [1.29, 1.82) is 0 Å². The lowest BCUT2D eigenvalue weighted by atomic mass is 9.76. The third-order valence-corrected chi connectivity index (χ3v) is 5.26. The second-order valence-electron chi connectivity index (χ2n) is 8.00. The minimum absolute atomic E-state index is 0.0623. The predicted molar refractivity (Wildman–Crippen MR) is 96.5 cm³/mol. The number of ether oxygens (including phenoxy) is 2. The molecule has 2 aliphatic rings. The maximum atomic E-state index is 12.6. The fraction of sp³-hybridized carbons (Fsp3) is 0.650. The number of allylic oxidation sites excluding steroid dienone is 1. The number of Topliss-reactive ketones (excluding diaryl/α,β-unsaturated/α-hetero) is 1. The monoisotopic (exact) mass is 380 g/mol. The van der Waals surface area contributed by atoms with Crippen LogP contribution < -0.4 is 0 Å². The van der Waals surface area contributed by atoms with Crippen LogP contribution in [-0.2, 0) is 23.9 Å². The molecule has 0 unspecified atom stereocenters. The number of aliphatic hydroxyl groups is 2. The van der Waals surface area contributed by atoms with Crippen LogP contribution in [0.4, 0.5) is 0 Å². The van der Waals surface area contributed by atoms with Crippen molar-refractivity contribution in [3.8, 4) is 0 Å². The Morgan fingerprint density at radius 3 is 2.59 bits per heavy atom. The molecular formula is C20H28O7. The van der Waals surface area contributed by atoms with Gasteiger partial charge in [0.1, 0.15) is 11.7 Å². The summed E-state index contributed by atoms with van der Waals surface area (Å²) in [5, 5.41) is 21.6. The van der Waals surface area contributed by atoms with Crippen molar-refractivity contribution in [2.24, 2.45) is 11.8 Å². The molecule has 0 radical (unpaired) electrons. The van der Waals surface area contributed by atoms with Gasteiger partial charge in [-0.1, -0.05) is 19.1 Å². The number of ketones is 1. The SMILES string of the molecule is C=C1C(=O)O[C@H]2[C@@H]1[C@@H](O)C(=O)[C@H](C)CCC[C@](C)(O)[C@@H]2OC(=O)C=C(C)C. The van der Waals surface area contributed by atoms with Gasteiger partial charge in [0.2, 0.25) is 0 Å². The summed E-state index contributed by atoms with van der Waals surface area (Å²) < 4.78 is 10.8. The zero-order chi connectivity index (χ0) is 20.5. The molecule has 1 saturated heterocycles. The maximum Gasteiger partial charge on any atom is 0.334 e. The molecule has 27 heavy (non-hydrogen) atoms. The van der Waals surface area contributed by atoms with Crippen LogP contribution in [0.25, 0.3) is 0 Å². The van der Waals surface area contributed by atoms with E-state index < -0.39 is 53.5 Å². The quantitative estimate of drug-likeness (QED) is 0.551. The van der Waals surface area contributed by atoms with E-state index in [2.05, 4.69) is 6.58 Å². The van der Waals surface area contributed by atoms with Crippen LogP contribution in [-0.4, -0.2) is 51.8 Å². The molecule has 0 aromatic carbocycles. The van der Waals surface area contributed by atoms with Gasteiger partial charge in [0.25, 0.3) is 0 Å². The molecule has 0 aromatic heterocycles. The van der Waals surface area contributed by atoms with Crippen LogP contribution in [0, 0.1) is 11.8 Å². The highest BCUT2D eigenvalue weighted by Crippen LogP contribution is 2.39. The Kier molecular flexibility index (Phi) is 6.27. The van der Waals surface area contributed by atoms with Crippen LogP contribution in [0.2, 0.25) is 0 Å². The Labute approximate surface area is 159 Å². The van der Waals surface area contributed by atoms with E-state index in [1.807, 2.05) is 0 Å². The minimum atomic E-state index is -1.53. The van der Waals surface area contributed by atoms with Crippen molar-refractivity contribution in [3.63, 3.8) is 0 Å². The molecule has 2 rings (SSSR count). The number of carbonyl (C=O) groups is 3. The van der Waals surface area contributed by atoms with E-state index in [-0.39, 0.29) is 12.0 Å². The summed E-state index contributed by atoms with van der Waals surface area (Å²) in [7, 11) is 0. The van der Waals surface area contributed by atoms with Crippen LogP contribution >= 0.6 is 0 Å². The van der Waals surface area contributed by atoms with Gasteiger partial charge in [-0.05, 0) is 40.0 Å². The summed E-state index contributed by atoms with van der Waals surface area (Å²) in [5.74, 6) is -3.41. The van der Waals surface area contributed by atoms with Gasteiger partial charge in [-0.2, -0.15) is 0 Å². The molecule has 0 aromatic rings. The number of fused-ring (bicyclic) bond motifs is 1. The van der Waals surface area contributed by atoms with Gasteiger partial charge in [0.05, 0.1) is 5.92 Å². The largest absolute Gasteiger partial charge is 0.454 e. The van der Waals surface area contributed by atoms with Gasteiger partial charge in [0, 0.05) is 17.6 Å². The summed E-state index contributed by atoms with van der Waals surface area (Å²) in [6.45, 7) is 10.3. The molecule has 1 aliphatic carbocycles. The molecule has 1 aliphatic heterocycles. The molecule has 0 bridgehead atoms. The van der Waals surface area contributed by atoms with Crippen molar-refractivity contribution in [2.45, 2.75) is 70.9 Å².